The fourth-order valence-electron chi connectivity index (χ4n) is 7.23. The Balaban J connectivity index is 0.800. The Morgan fingerprint density at radius 3 is 2.60 bits per heavy atom. The molecule has 2 aliphatic rings. The van der Waals surface area contributed by atoms with Crippen LogP contribution in [0.4, 0.5) is 36.1 Å². The minimum Gasteiger partial charge on any atom is -0.444 e. The lowest BCUT2D eigenvalue weighted by atomic mass is 10.0. The number of ether oxygens (including phenoxy) is 2. The molecule has 1 saturated heterocycles. The van der Waals surface area contributed by atoms with Gasteiger partial charge in [-0.15, -0.1) is 0 Å². The van der Waals surface area contributed by atoms with E-state index in [2.05, 4.69) is 52.2 Å². The molecule has 0 unspecified atom stereocenters. The zero-order valence-electron chi connectivity index (χ0n) is 34.2. The van der Waals surface area contributed by atoms with E-state index in [1.807, 2.05) is 31.3 Å². The Morgan fingerprint density at radius 1 is 1.05 bits per heavy atom. The van der Waals surface area contributed by atoms with Gasteiger partial charge in [-0.2, -0.15) is 18.3 Å². The van der Waals surface area contributed by atoms with Crippen molar-refractivity contribution in [1.82, 2.24) is 30.4 Å². The number of carbonyl (C=O) groups is 4. The number of nitrogens with two attached hydrogens (primary N) is 1. The Bertz CT molecular complexity index is 2420. The zero-order valence-corrected chi connectivity index (χ0v) is 34.2. The predicted molar refractivity (Wildman–Crippen MR) is 224 cm³/mol. The number of aromatic nitrogens is 4. The number of pyridine rings is 1. The third-order valence-corrected chi connectivity index (χ3v) is 10.2. The molecule has 3 aromatic heterocycles. The summed E-state index contributed by atoms with van der Waals surface area (Å²) >= 11 is 0. The van der Waals surface area contributed by atoms with Gasteiger partial charge in [-0.3, -0.25) is 24.5 Å². The molecular formula is C42H46F3N11O7. The summed E-state index contributed by atoms with van der Waals surface area (Å²) in [6.07, 6.45) is 1.83. The Labute approximate surface area is 359 Å². The largest absolute Gasteiger partial charge is 0.444 e. The van der Waals surface area contributed by atoms with Crippen molar-refractivity contribution < 1.29 is 46.2 Å². The van der Waals surface area contributed by atoms with Gasteiger partial charge in [-0.05, 0) is 60.7 Å². The number of nitrogens with zero attached hydrogens (tertiary/aromatic N) is 6. The number of carbonyl (C=O) groups excluding carboxylic acids is 4. The highest BCUT2D eigenvalue weighted by Gasteiger charge is 2.37. The topological polar surface area (TPSA) is 224 Å². The first kappa shape index (κ1) is 44.2. The minimum atomic E-state index is -4.44. The van der Waals surface area contributed by atoms with Gasteiger partial charge in [0.2, 0.25) is 17.7 Å². The van der Waals surface area contributed by atoms with Crippen LogP contribution in [0.3, 0.4) is 0 Å². The number of piperidine rings is 1. The first-order valence-electron chi connectivity index (χ1n) is 20.2. The quantitative estimate of drug-likeness (QED) is 0.0551. The lowest BCUT2D eigenvalue weighted by molar-refractivity contribution is -0.134. The van der Waals surface area contributed by atoms with Gasteiger partial charge in [0.05, 0.1) is 55.4 Å². The lowest BCUT2D eigenvalue weighted by Crippen LogP contribution is -2.53. The number of aryl methyl sites for hydroxylation is 1. The van der Waals surface area contributed by atoms with Crippen LogP contribution in [0.2, 0.25) is 0 Å². The molecule has 2 aromatic carbocycles. The molecule has 1 atom stereocenters. The second-order valence-electron chi connectivity index (χ2n) is 14.8. The van der Waals surface area contributed by atoms with Crippen molar-refractivity contribution in [2.45, 2.75) is 44.4 Å². The molecule has 0 bridgehead atoms. The Hall–Kier alpha value is -6.84. The number of oxazole rings is 1. The molecule has 0 radical (unpaired) electrons. The van der Waals surface area contributed by atoms with Crippen molar-refractivity contribution >= 4 is 46.5 Å². The molecular weight excluding hydrogens is 828 g/mol. The van der Waals surface area contributed by atoms with Crippen molar-refractivity contribution in [3.8, 4) is 17.1 Å². The van der Waals surface area contributed by atoms with Gasteiger partial charge >= 0.3 is 6.18 Å². The fraction of sp³-hybridized carbons (Fsp3) is 0.357. The number of alkyl halides is 3. The van der Waals surface area contributed by atoms with Crippen LogP contribution >= 0.6 is 0 Å². The summed E-state index contributed by atoms with van der Waals surface area (Å²) in [4.78, 5) is 61.7. The first-order chi connectivity index (χ1) is 30.3. The molecule has 0 saturated carbocycles. The van der Waals surface area contributed by atoms with Crippen molar-refractivity contribution in [1.29, 1.82) is 0 Å². The van der Waals surface area contributed by atoms with Gasteiger partial charge in [0, 0.05) is 44.9 Å². The molecule has 5 heterocycles. The number of halogens is 3. The van der Waals surface area contributed by atoms with Crippen LogP contribution in [0.5, 0.6) is 0 Å². The number of amides is 4. The van der Waals surface area contributed by atoms with E-state index in [1.165, 1.54) is 34.8 Å². The van der Waals surface area contributed by atoms with Crippen LogP contribution in [-0.4, -0.2) is 109 Å². The molecule has 0 aliphatic carbocycles. The van der Waals surface area contributed by atoms with Crippen LogP contribution < -0.4 is 36.8 Å². The van der Waals surface area contributed by atoms with Crippen LogP contribution in [0.15, 0.2) is 77.7 Å². The standard InChI is InChI=1S/C42H46F3N11O7/c1-54-25-55(33-11-12-35(57)52-40(33)60)32-6-2-4-27(37(32)54)5-3-16-61-18-19-62-17-15-47-21-26-7-9-29(10-8-26)56-22-30(36(53-56)38(46)58)50-39(59)31-23-63-41(51-31)28-13-14-48-34(20-28)49-24-42(43,44)45/h2,4,6-10,13-14,20,22-23,33,47H,3,5,11-12,15-19,21,24-25H2,1H3,(H2,46,58)(H,48,49)(H,50,59)(H,52,57,60)/t33-/m0/s1. The first-order valence-corrected chi connectivity index (χ1v) is 20.2. The second-order valence-corrected chi connectivity index (χ2v) is 14.8. The zero-order chi connectivity index (χ0) is 44.5. The number of benzene rings is 2. The van der Waals surface area contributed by atoms with E-state index < -0.39 is 24.5 Å². The normalized spacial score (nSPS) is 15.1. The summed E-state index contributed by atoms with van der Waals surface area (Å²) in [6, 6.07) is 15.9. The number of nitrogens with one attached hydrogen (secondary N) is 4. The van der Waals surface area contributed by atoms with Gasteiger partial charge in [0.15, 0.2) is 11.4 Å². The lowest BCUT2D eigenvalue weighted by Gasteiger charge is -2.31. The van der Waals surface area contributed by atoms with E-state index in [0.717, 1.165) is 36.0 Å². The van der Waals surface area contributed by atoms with Crippen molar-refractivity contribution in [2.75, 3.05) is 73.7 Å². The molecule has 6 N–H and O–H groups in total. The average Bonchev–Trinajstić information content (AvgIpc) is 4.01. The maximum Gasteiger partial charge on any atom is 0.405 e. The molecule has 1 fully saturated rings. The Kier molecular flexibility index (Phi) is 14.0. The van der Waals surface area contributed by atoms with E-state index in [4.69, 9.17) is 19.6 Å². The van der Waals surface area contributed by atoms with Crippen LogP contribution in [0.1, 0.15) is 51.4 Å². The number of hydrogen-bond acceptors (Lipinski definition) is 14. The Morgan fingerprint density at radius 2 is 1.84 bits per heavy atom. The third kappa shape index (κ3) is 11.4. The van der Waals surface area contributed by atoms with Crippen LogP contribution in [-0.2, 0) is 32.0 Å². The van der Waals surface area contributed by atoms with Crippen molar-refractivity contribution in [2.24, 2.45) is 5.73 Å². The highest BCUT2D eigenvalue weighted by Crippen LogP contribution is 2.40. The molecule has 63 heavy (non-hydrogen) atoms. The number of para-hydroxylation sites is 1. The fourth-order valence-corrected chi connectivity index (χ4v) is 7.23. The number of primary amides is 1. The highest BCUT2D eigenvalue weighted by molar-refractivity contribution is 6.07. The molecule has 21 heteroatoms. The van der Waals surface area contributed by atoms with Crippen LogP contribution in [0, 0.1) is 0 Å². The molecule has 4 amide bonds. The number of hydrogen-bond donors (Lipinski definition) is 5. The number of rotatable bonds is 20. The highest BCUT2D eigenvalue weighted by atomic mass is 19.4. The third-order valence-electron chi connectivity index (χ3n) is 10.2. The van der Waals surface area contributed by atoms with Crippen molar-refractivity contribution in [3.05, 3.63) is 95.8 Å². The average molecular weight is 874 g/mol. The van der Waals surface area contributed by atoms with Gasteiger partial charge < -0.3 is 45.4 Å². The summed E-state index contributed by atoms with van der Waals surface area (Å²) < 4.78 is 56.2. The molecule has 7 rings (SSSR count). The van der Waals surface area contributed by atoms with Gasteiger partial charge in [0.25, 0.3) is 11.8 Å². The predicted octanol–water partition coefficient (Wildman–Crippen LogP) is 4.02. The summed E-state index contributed by atoms with van der Waals surface area (Å²) in [7, 11) is 2.01. The van der Waals surface area contributed by atoms with Gasteiger partial charge in [-0.25, -0.2) is 14.6 Å². The molecule has 18 nitrogen and oxygen atoms in total. The summed E-state index contributed by atoms with van der Waals surface area (Å²) in [5, 5.41) is 14.8. The number of imide groups is 1. The van der Waals surface area contributed by atoms with Gasteiger partial charge in [-0.1, -0.05) is 24.3 Å². The molecule has 332 valence electrons. The van der Waals surface area contributed by atoms with E-state index in [1.54, 1.807) is 12.1 Å². The van der Waals surface area contributed by atoms with E-state index >= 15 is 0 Å². The maximum atomic E-state index is 13.1. The maximum absolute atomic E-state index is 13.1. The van der Waals surface area contributed by atoms with E-state index in [9.17, 15) is 32.3 Å². The van der Waals surface area contributed by atoms with Gasteiger partial charge in [0.1, 0.15) is 24.7 Å². The second kappa shape index (κ2) is 19.9. The smallest absolute Gasteiger partial charge is 0.405 e. The van der Waals surface area contributed by atoms with E-state index in [-0.39, 0.29) is 52.2 Å². The molecule has 5 aromatic rings. The molecule has 2 aliphatic heterocycles. The monoisotopic (exact) mass is 873 g/mol. The molecule has 0 spiro atoms. The summed E-state index contributed by atoms with van der Waals surface area (Å²) in [5.41, 5.74) is 10.4. The van der Waals surface area contributed by atoms with Crippen molar-refractivity contribution in [3.63, 3.8) is 0 Å². The van der Waals surface area contributed by atoms with Crippen LogP contribution in [0.25, 0.3) is 17.1 Å². The van der Waals surface area contributed by atoms with E-state index in [0.29, 0.717) is 64.7 Å². The number of fused-ring (bicyclic) bond motifs is 1. The summed E-state index contributed by atoms with van der Waals surface area (Å²) in [6.45, 7) is 2.50. The number of anilines is 4. The summed E-state index contributed by atoms with van der Waals surface area (Å²) in [5.74, 6) is -2.18. The SMILES string of the molecule is CN1CN([C@H]2CCC(=O)NC2=O)c2cccc(CCCOCCOCCNCc3ccc(-n4cc(NC(=O)c5coc(-c6ccnc(NCC(F)(F)F)c6)n5)c(C(N)=O)n4)cc3)c21. The minimum absolute atomic E-state index is 0.0282.